The van der Waals surface area contributed by atoms with E-state index >= 15 is 0 Å². The van der Waals surface area contributed by atoms with Gasteiger partial charge in [0.2, 0.25) is 0 Å². The van der Waals surface area contributed by atoms with E-state index in [0.717, 1.165) is 11.3 Å². The van der Waals surface area contributed by atoms with Crippen LogP contribution in [0.3, 0.4) is 0 Å². The summed E-state index contributed by atoms with van der Waals surface area (Å²) in [7, 11) is 0. The molecular formula is C19H17ClN4O2. The smallest absolute Gasteiger partial charge is 0.339 e. The largest absolute Gasteiger partial charge is 0.478 e. The molecule has 0 fully saturated rings. The first-order valence-corrected chi connectivity index (χ1v) is 8.41. The fourth-order valence-electron chi connectivity index (χ4n) is 2.42. The van der Waals surface area contributed by atoms with Crippen LogP contribution in [0.5, 0.6) is 0 Å². The topological polar surface area (TPSA) is 80.9 Å². The van der Waals surface area contributed by atoms with E-state index in [1.807, 2.05) is 38.3 Å². The van der Waals surface area contributed by atoms with Gasteiger partial charge in [-0.05, 0) is 42.3 Å². The summed E-state index contributed by atoms with van der Waals surface area (Å²) in [5, 5.41) is 14.2. The van der Waals surface area contributed by atoms with Gasteiger partial charge in [-0.25, -0.2) is 19.4 Å². The number of aromatic carboxylic acids is 1. The number of rotatable bonds is 5. The van der Waals surface area contributed by atoms with Gasteiger partial charge in [-0.1, -0.05) is 25.4 Å². The van der Waals surface area contributed by atoms with E-state index in [9.17, 15) is 9.90 Å². The Morgan fingerprint density at radius 3 is 2.58 bits per heavy atom. The van der Waals surface area contributed by atoms with Gasteiger partial charge in [0, 0.05) is 23.0 Å². The van der Waals surface area contributed by atoms with Crippen LogP contribution in [0.4, 0.5) is 0 Å². The summed E-state index contributed by atoms with van der Waals surface area (Å²) in [6, 6.07) is 7.37. The minimum atomic E-state index is -1.02. The van der Waals surface area contributed by atoms with Crippen LogP contribution in [0.2, 0.25) is 5.02 Å². The highest BCUT2D eigenvalue weighted by Crippen LogP contribution is 2.18. The normalized spacial score (nSPS) is 11.4. The Bertz CT molecular complexity index is 962. The molecule has 0 saturated carbocycles. The Kier molecular flexibility index (Phi) is 5.14. The highest BCUT2D eigenvalue weighted by atomic mass is 35.5. The van der Waals surface area contributed by atoms with Crippen LogP contribution in [0.25, 0.3) is 17.8 Å². The Morgan fingerprint density at radius 2 is 1.92 bits per heavy atom. The lowest BCUT2D eigenvalue weighted by atomic mass is 10.1. The first kappa shape index (κ1) is 17.8. The van der Waals surface area contributed by atoms with E-state index in [1.54, 1.807) is 29.1 Å². The fourth-order valence-corrected chi connectivity index (χ4v) is 2.55. The highest BCUT2D eigenvalue weighted by molar-refractivity contribution is 6.30. The molecule has 2 heterocycles. The van der Waals surface area contributed by atoms with Crippen molar-refractivity contribution < 1.29 is 9.90 Å². The number of nitrogens with zero attached hydrogens (tertiary/aromatic N) is 4. The third-order valence-corrected chi connectivity index (χ3v) is 3.98. The van der Waals surface area contributed by atoms with E-state index in [0.29, 0.717) is 16.5 Å². The molecule has 3 aromatic rings. The molecule has 1 N–H and O–H groups in total. The molecule has 0 saturated heterocycles. The van der Waals surface area contributed by atoms with Crippen molar-refractivity contribution in [1.82, 2.24) is 19.7 Å². The van der Waals surface area contributed by atoms with Crippen molar-refractivity contribution in [3.05, 3.63) is 70.5 Å². The maximum Gasteiger partial charge on any atom is 0.339 e. The van der Waals surface area contributed by atoms with E-state index in [-0.39, 0.29) is 11.5 Å². The summed E-state index contributed by atoms with van der Waals surface area (Å²) in [4.78, 5) is 19.7. The molecule has 0 aliphatic rings. The molecule has 0 atom stereocenters. The van der Waals surface area contributed by atoms with Crippen LogP contribution in [0.15, 0.2) is 42.9 Å². The Labute approximate surface area is 155 Å². The minimum Gasteiger partial charge on any atom is -0.478 e. The van der Waals surface area contributed by atoms with Gasteiger partial charge in [-0.3, -0.25) is 0 Å². The van der Waals surface area contributed by atoms with Crippen LogP contribution in [-0.4, -0.2) is 30.8 Å². The van der Waals surface area contributed by atoms with Crippen LogP contribution in [-0.2, 0) is 0 Å². The number of halogens is 1. The summed E-state index contributed by atoms with van der Waals surface area (Å²) in [6.45, 7) is 3.80. The van der Waals surface area contributed by atoms with E-state index in [1.165, 1.54) is 6.20 Å². The zero-order valence-electron chi connectivity index (χ0n) is 14.3. The van der Waals surface area contributed by atoms with Crippen molar-refractivity contribution in [3.63, 3.8) is 0 Å². The van der Waals surface area contributed by atoms with Crippen molar-refractivity contribution in [2.75, 3.05) is 0 Å². The number of benzene rings is 1. The molecule has 0 amide bonds. The predicted octanol–water partition coefficient (Wildman–Crippen LogP) is 4.31. The van der Waals surface area contributed by atoms with Crippen molar-refractivity contribution in [2.24, 2.45) is 0 Å². The summed E-state index contributed by atoms with van der Waals surface area (Å²) in [6.07, 6.45) is 8.51. The third-order valence-electron chi connectivity index (χ3n) is 3.73. The van der Waals surface area contributed by atoms with Crippen LogP contribution in [0.1, 0.15) is 47.2 Å². The van der Waals surface area contributed by atoms with Crippen LogP contribution < -0.4 is 0 Å². The summed E-state index contributed by atoms with van der Waals surface area (Å²) >= 11 is 5.90. The standard InChI is InChI=1S/C19H17ClN4O2/c1-12(2)18-16(19(25)26)10-21-17(23-18)8-3-13-9-22-24(11-13)15-6-4-14(20)5-7-15/h3-12H,1-2H3,(H,25,26)/b8-3+. The van der Waals surface area contributed by atoms with Gasteiger partial charge < -0.3 is 5.11 Å². The Hall–Kier alpha value is -2.99. The molecule has 7 heteroatoms. The molecule has 0 spiro atoms. The van der Waals surface area contributed by atoms with Gasteiger partial charge in [0.1, 0.15) is 0 Å². The van der Waals surface area contributed by atoms with Gasteiger partial charge in [-0.2, -0.15) is 5.10 Å². The molecule has 3 rings (SSSR count). The van der Waals surface area contributed by atoms with Crippen molar-refractivity contribution in [3.8, 4) is 5.69 Å². The van der Waals surface area contributed by atoms with Crippen LogP contribution in [0, 0.1) is 0 Å². The summed E-state index contributed by atoms with van der Waals surface area (Å²) in [5.74, 6) is -0.574. The monoisotopic (exact) mass is 368 g/mol. The second kappa shape index (κ2) is 7.49. The lowest BCUT2D eigenvalue weighted by Gasteiger charge is -2.08. The molecular weight excluding hydrogens is 352 g/mol. The second-order valence-electron chi connectivity index (χ2n) is 6.01. The molecule has 0 aliphatic carbocycles. The molecule has 1 aromatic carbocycles. The number of carboxylic acids is 1. The highest BCUT2D eigenvalue weighted by Gasteiger charge is 2.15. The number of hydrogen-bond donors (Lipinski definition) is 1. The predicted molar refractivity (Wildman–Crippen MR) is 101 cm³/mol. The zero-order valence-corrected chi connectivity index (χ0v) is 15.1. The summed E-state index contributed by atoms with van der Waals surface area (Å²) < 4.78 is 1.74. The maximum atomic E-state index is 11.3. The van der Waals surface area contributed by atoms with Gasteiger partial charge >= 0.3 is 5.97 Å². The van der Waals surface area contributed by atoms with E-state index in [2.05, 4.69) is 15.1 Å². The van der Waals surface area contributed by atoms with E-state index in [4.69, 9.17) is 11.6 Å². The quantitative estimate of drug-likeness (QED) is 0.725. The molecule has 26 heavy (non-hydrogen) atoms. The van der Waals surface area contributed by atoms with E-state index < -0.39 is 5.97 Å². The lowest BCUT2D eigenvalue weighted by molar-refractivity contribution is 0.0694. The second-order valence-corrected chi connectivity index (χ2v) is 6.45. The van der Waals surface area contributed by atoms with Crippen LogP contribution >= 0.6 is 11.6 Å². The Morgan fingerprint density at radius 1 is 1.19 bits per heavy atom. The van der Waals surface area contributed by atoms with Gasteiger partial charge in [0.15, 0.2) is 5.82 Å². The van der Waals surface area contributed by atoms with Gasteiger partial charge in [-0.15, -0.1) is 0 Å². The first-order chi connectivity index (χ1) is 12.4. The molecule has 0 unspecified atom stereocenters. The van der Waals surface area contributed by atoms with Crippen molar-refractivity contribution in [2.45, 2.75) is 19.8 Å². The summed E-state index contributed by atoms with van der Waals surface area (Å²) in [5.41, 5.74) is 2.42. The SMILES string of the molecule is CC(C)c1nc(/C=C/c2cnn(-c3ccc(Cl)cc3)c2)ncc1C(=O)O. The molecule has 132 valence electrons. The first-order valence-electron chi connectivity index (χ1n) is 8.03. The number of carboxylic acid groups (broad SMARTS) is 1. The molecule has 0 bridgehead atoms. The van der Waals surface area contributed by atoms with Crippen molar-refractivity contribution in [1.29, 1.82) is 0 Å². The molecule has 6 nitrogen and oxygen atoms in total. The minimum absolute atomic E-state index is 0.0103. The van der Waals surface area contributed by atoms with Crippen molar-refractivity contribution >= 4 is 29.7 Å². The zero-order chi connectivity index (χ0) is 18.7. The fraction of sp³-hybridized carbons (Fsp3) is 0.158. The average molecular weight is 369 g/mol. The molecule has 2 aromatic heterocycles. The number of carbonyl (C=O) groups is 1. The average Bonchev–Trinajstić information content (AvgIpc) is 3.09. The Balaban J connectivity index is 1.83. The molecule has 0 radical (unpaired) electrons. The number of aromatic nitrogens is 4. The maximum absolute atomic E-state index is 11.3. The third kappa shape index (κ3) is 3.97. The molecule has 0 aliphatic heterocycles. The van der Waals surface area contributed by atoms with Gasteiger partial charge in [0.25, 0.3) is 0 Å². The van der Waals surface area contributed by atoms with Gasteiger partial charge in [0.05, 0.1) is 23.1 Å². The number of hydrogen-bond acceptors (Lipinski definition) is 4. The lowest BCUT2D eigenvalue weighted by Crippen LogP contribution is -2.08.